The Morgan fingerprint density at radius 1 is 1.19 bits per heavy atom. The van der Waals surface area contributed by atoms with E-state index in [1.807, 2.05) is 18.2 Å². The van der Waals surface area contributed by atoms with Gasteiger partial charge in [-0.15, -0.1) is 11.3 Å². The fourth-order valence-electron chi connectivity index (χ4n) is 1.28. The maximum absolute atomic E-state index is 4.92. The van der Waals surface area contributed by atoms with Crippen LogP contribution in [0.15, 0.2) is 41.5 Å². The van der Waals surface area contributed by atoms with Gasteiger partial charge in [0.15, 0.2) is 6.39 Å². The molecule has 3 aromatic heterocycles. The summed E-state index contributed by atoms with van der Waals surface area (Å²) in [6.07, 6.45) is 7.62. The van der Waals surface area contributed by atoms with Gasteiger partial charge in [0.25, 0.3) is 0 Å². The van der Waals surface area contributed by atoms with Gasteiger partial charge in [-0.25, -0.2) is 9.97 Å². The lowest BCUT2D eigenvalue weighted by molar-refractivity contribution is 0.558. The van der Waals surface area contributed by atoms with Crippen LogP contribution in [0.1, 0.15) is 0 Å². The molecule has 1 radical (unpaired) electrons. The third-order valence-corrected chi connectivity index (χ3v) is 3.01. The van der Waals surface area contributed by atoms with Crippen LogP contribution in [-0.4, -0.2) is 15.0 Å². The number of rotatable bonds is 2. The van der Waals surface area contributed by atoms with E-state index in [1.165, 1.54) is 17.7 Å². The molecule has 3 heterocycles. The molecule has 3 aromatic rings. The minimum absolute atomic E-state index is 0.750. The summed E-state index contributed by atoms with van der Waals surface area (Å²) >= 11 is 1.49. The van der Waals surface area contributed by atoms with E-state index in [4.69, 9.17) is 4.42 Å². The van der Waals surface area contributed by atoms with Crippen molar-refractivity contribution < 1.29 is 4.42 Å². The molecule has 0 saturated carbocycles. The Morgan fingerprint density at radius 2 is 2.19 bits per heavy atom. The first-order valence-electron chi connectivity index (χ1n) is 4.62. The van der Waals surface area contributed by atoms with Crippen LogP contribution in [-0.2, 0) is 0 Å². The third kappa shape index (κ3) is 1.61. The van der Waals surface area contributed by atoms with E-state index >= 15 is 0 Å². The van der Waals surface area contributed by atoms with Crippen molar-refractivity contribution in [2.45, 2.75) is 0 Å². The molecule has 0 aliphatic carbocycles. The molecule has 0 fully saturated rings. The molecule has 0 atom stereocenters. The first-order valence-corrected chi connectivity index (χ1v) is 5.43. The highest BCUT2D eigenvalue weighted by molar-refractivity contribution is 7.18. The summed E-state index contributed by atoms with van der Waals surface area (Å²) in [6, 6.07) is 5.72. The predicted molar refractivity (Wildman–Crippen MR) is 59.7 cm³/mol. The van der Waals surface area contributed by atoms with Crippen molar-refractivity contribution in [3.05, 3.63) is 43.2 Å². The maximum atomic E-state index is 4.92. The zero-order valence-electron chi connectivity index (χ0n) is 8.12. The molecule has 3 rings (SSSR count). The van der Waals surface area contributed by atoms with Crippen LogP contribution < -0.4 is 0 Å². The largest absolute Gasteiger partial charge is 0.451 e. The van der Waals surface area contributed by atoms with E-state index in [0.29, 0.717) is 0 Å². The summed E-state index contributed by atoms with van der Waals surface area (Å²) in [5, 5.41) is 0.832. The summed E-state index contributed by atoms with van der Waals surface area (Å²) in [4.78, 5) is 13.3. The fourth-order valence-corrected chi connectivity index (χ4v) is 2.08. The lowest BCUT2D eigenvalue weighted by Crippen LogP contribution is -1.78. The van der Waals surface area contributed by atoms with Crippen molar-refractivity contribution >= 4 is 11.3 Å². The van der Waals surface area contributed by atoms with Crippen LogP contribution in [0.3, 0.4) is 0 Å². The second-order valence-corrected chi connectivity index (χ2v) is 4.05. The van der Waals surface area contributed by atoms with Crippen molar-refractivity contribution in [2.75, 3.05) is 0 Å². The van der Waals surface area contributed by atoms with Crippen LogP contribution in [0.2, 0.25) is 0 Å². The summed E-state index contributed by atoms with van der Waals surface area (Å²) in [5.41, 5.74) is 1.60. The molecular weight excluding hydrogens is 222 g/mol. The summed E-state index contributed by atoms with van der Waals surface area (Å²) in [7, 11) is 0. The van der Waals surface area contributed by atoms with E-state index in [2.05, 4.69) is 21.1 Å². The smallest absolute Gasteiger partial charge is 0.181 e. The SMILES string of the molecule is [c]1nc(-c2ccccn2)sc1-c1cocn1. The Bertz CT molecular complexity index is 574. The van der Waals surface area contributed by atoms with E-state index in [1.54, 1.807) is 12.5 Å². The predicted octanol–water partition coefficient (Wildman–Crippen LogP) is 2.66. The second-order valence-electron chi connectivity index (χ2n) is 3.05. The third-order valence-electron chi connectivity index (χ3n) is 2.01. The van der Waals surface area contributed by atoms with Gasteiger partial charge in [0.05, 0.1) is 10.6 Å². The van der Waals surface area contributed by atoms with Crippen molar-refractivity contribution in [2.24, 2.45) is 0 Å². The number of aromatic nitrogens is 3. The van der Waals surface area contributed by atoms with Crippen molar-refractivity contribution in [3.63, 3.8) is 0 Å². The molecule has 0 spiro atoms. The Labute approximate surface area is 95.6 Å². The van der Waals surface area contributed by atoms with Gasteiger partial charge in [-0.1, -0.05) is 6.07 Å². The number of oxazole rings is 1. The van der Waals surface area contributed by atoms with Gasteiger partial charge in [-0.3, -0.25) is 4.98 Å². The number of pyridine rings is 1. The van der Waals surface area contributed by atoms with Gasteiger partial charge in [-0.05, 0) is 12.1 Å². The average Bonchev–Trinajstić information content (AvgIpc) is 3.01. The zero-order chi connectivity index (χ0) is 10.8. The van der Waals surface area contributed by atoms with Crippen LogP contribution in [0, 0.1) is 6.20 Å². The van der Waals surface area contributed by atoms with Crippen LogP contribution in [0.4, 0.5) is 0 Å². The Morgan fingerprint density at radius 3 is 2.94 bits per heavy atom. The molecule has 0 aliphatic rings. The first-order chi connectivity index (χ1) is 7.93. The highest BCUT2D eigenvalue weighted by Crippen LogP contribution is 2.29. The first kappa shape index (κ1) is 9.23. The Balaban J connectivity index is 2.00. The molecule has 16 heavy (non-hydrogen) atoms. The quantitative estimate of drug-likeness (QED) is 0.676. The van der Waals surface area contributed by atoms with E-state index in [9.17, 15) is 0 Å². The monoisotopic (exact) mass is 228 g/mol. The minimum Gasteiger partial charge on any atom is -0.451 e. The highest BCUT2D eigenvalue weighted by atomic mass is 32.1. The number of thiazole rings is 1. The van der Waals surface area contributed by atoms with Gasteiger partial charge in [0.2, 0.25) is 0 Å². The molecule has 0 aliphatic heterocycles. The fraction of sp³-hybridized carbons (Fsp3) is 0. The van der Waals surface area contributed by atoms with Crippen LogP contribution in [0.25, 0.3) is 21.3 Å². The van der Waals surface area contributed by atoms with Gasteiger partial charge >= 0.3 is 0 Å². The number of hydrogen-bond acceptors (Lipinski definition) is 5. The molecule has 0 N–H and O–H groups in total. The van der Waals surface area contributed by atoms with Gasteiger partial charge in [0.1, 0.15) is 23.2 Å². The normalized spacial score (nSPS) is 10.5. The molecule has 0 amide bonds. The summed E-state index contributed by atoms with van der Waals surface area (Å²) in [5.74, 6) is 0. The zero-order valence-corrected chi connectivity index (χ0v) is 8.94. The molecule has 5 heteroatoms. The number of hydrogen-bond donors (Lipinski definition) is 0. The molecular formula is C11H6N3OS. The molecule has 0 aromatic carbocycles. The van der Waals surface area contributed by atoms with Crippen LogP contribution in [0.5, 0.6) is 0 Å². The van der Waals surface area contributed by atoms with Crippen molar-refractivity contribution in [1.82, 2.24) is 15.0 Å². The standard InChI is InChI=1S/C11H6N3OS/c1-2-4-12-8(3-1)11-13-5-10(16-11)9-6-15-7-14-9/h1-4,6-7H. The van der Waals surface area contributed by atoms with Gasteiger partial charge in [-0.2, -0.15) is 0 Å². The van der Waals surface area contributed by atoms with Crippen molar-refractivity contribution in [1.29, 1.82) is 0 Å². The second kappa shape index (κ2) is 3.86. The topological polar surface area (TPSA) is 51.8 Å². The summed E-state index contributed by atoms with van der Waals surface area (Å²) < 4.78 is 4.92. The maximum Gasteiger partial charge on any atom is 0.181 e. The van der Waals surface area contributed by atoms with Gasteiger partial charge in [0, 0.05) is 6.20 Å². The molecule has 0 unspecified atom stereocenters. The van der Waals surface area contributed by atoms with E-state index in [0.717, 1.165) is 21.3 Å². The average molecular weight is 228 g/mol. The molecule has 0 saturated heterocycles. The molecule has 0 bridgehead atoms. The van der Waals surface area contributed by atoms with E-state index < -0.39 is 0 Å². The van der Waals surface area contributed by atoms with E-state index in [-0.39, 0.29) is 0 Å². The highest BCUT2D eigenvalue weighted by Gasteiger charge is 2.09. The van der Waals surface area contributed by atoms with Crippen LogP contribution >= 0.6 is 11.3 Å². The van der Waals surface area contributed by atoms with Gasteiger partial charge < -0.3 is 4.42 Å². The lowest BCUT2D eigenvalue weighted by atomic mass is 10.4. The molecule has 77 valence electrons. The summed E-state index contributed by atoms with van der Waals surface area (Å²) in [6.45, 7) is 0. The van der Waals surface area contributed by atoms with Crippen molar-refractivity contribution in [3.8, 4) is 21.3 Å². The number of nitrogens with zero attached hydrogens (tertiary/aromatic N) is 3. The Kier molecular flexibility index (Phi) is 2.23. The lowest BCUT2D eigenvalue weighted by Gasteiger charge is -1.91. The minimum atomic E-state index is 0.750. The Hall–Kier alpha value is -2.01. The molecule has 4 nitrogen and oxygen atoms in total.